The lowest BCUT2D eigenvalue weighted by Crippen LogP contribution is -2.30. The molecule has 3 aromatic rings. The second-order valence-electron chi connectivity index (χ2n) is 5.40. The number of benzene rings is 1. The number of halogens is 1. The maximum absolute atomic E-state index is 13.2. The van der Waals surface area contributed by atoms with Crippen LogP contribution in [0.4, 0.5) is 9.52 Å². The van der Waals surface area contributed by atoms with E-state index in [-0.39, 0.29) is 16.9 Å². The number of primary amides is 1. The number of pyridine rings is 1. The quantitative estimate of drug-likeness (QED) is 0.634. The van der Waals surface area contributed by atoms with E-state index in [9.17, 15) is 14.0 Å². The minimum atomic E-state index is -0.824. The normalized spacial score (nSPS) is 10.6. The maximum atomic E-state index is 13.2. The van der Waals surface area contributed by atoms with E-state index >= 15 is 0 Å². The molecule has 7 nitrogen and oxygen atoms in total. The van der Waals surface area contributed by atoms with Crippen molar-refractivity contribution in [2.75, 3.05) is 5.32 Å². The molecule has 1 radical (unpaired) electrons. The Hall–Kier alpha value is -3.33. The number of carbonyl (C=O) groups is 2. The Bertz CT molecular complexity index is 960. The highest BCUT2D eigenvalue weighted by Gasteiger charge is 2.23. The van der Waals surface area contributed by atoms with Crippen LogP contribution < -0.4 is 15.8 Å². The second kappa shape index (κ2) is 7.92. The number of hydrogen-bond acceptors (Lipinski definition) is 6. The maximum Gasteiger partial charge on any atom is 0.243 e. The van der Waals surface area contributed by atoms with Crippen molar-refractivity contribution in [3.63, 3.8) is 0 Å². The molecule has 0 spiro atoms. The summed E-state index contributed by atoms with van der Waals surface area (Å²) in [5.74, 6) is -1.54. The van der Waals surface area contributed by atoms with Gasteiger partial charge in [-0.15, -0.1) is 0 Å². The molecule has 0 fully saturated rings. The first-order chi connectivity index (χ1) is 12.9. The molecule has 0 unspecified atom stereocenters. The van der Waals surface area contributed by atoms with Gasteiger partial charge in [0.25, 0.3) is 0 Å². The number of thiazole rings is 1. The van der Waals surface area contributed by atoms with Crippen molar-refractivity contribution in [3.8, 4) is 22.1 Å². The first kappa shape index (κ1) is 18.5. The number of rotatable bonds is 6. The Labute approximate surface area is 158 Å². The molecule has 0 bridgehead atoms. The van der Waals surface area contributed by atoms with Crippen LogP contribution in [0.1, 0.15) is 6.92 Å². The topological polar surface area (TPSA) is 107 Å². The zero-order valence-corrected chi connectivity index (χ0v) is 14.9. The van der Waals surface area contributed by atoms with Gasteiger partial charge in [0.2, 0.25) is 16.9 Å². The Morgan fingerprint density at radius 1 is 1.22 bits per heavy atom. The fourth-order valence-corrected chi connectivity index (χ4v) is 2.89. The smallest absolute Gasteiger partial charge is 0.243 e. The number of ether oxygens (including phenoxy) is 1. The lowest BCUT2D eigenvalue weighted by molar-refractivity contribution is -0.122. The summed E-state index contributed by atoms with van der Waals surface area (Å²) >= 11 is 1.06. The molecule has 2 heterocycles. The van der Waals surface area contributed by atoms with Gasteiger partial charge in [-0.2, -0.15) is 0 Å². The average Bonchev–Trinajstić information content (AvgIpc) is 3.04. The summed E-state index contributed by atoms with van der Waals surface area (Å²) in [5.41, 5.74) is 6.12. The summed E-state index contributed by atoms with van der Waals surface area (Å²) in [5, 5.41) is 3.10. The molecule has 0 aliphatic carbocycles. The van der Waals surface area contributed by atoms with Crippen molar-refractivity contribution in [1.29, 1.82) is 0 Å². The third kappa shape index (κ3) is 4.45. The van der Waals surface area contributed by atoms with Crippen LogP contribution in [-0.4, -0.2) is 21.8 Å². The third-order valence-corrected chi connectivity index (χ3v) is 4.34. The predicted molar refractivity (Wildman–Crippen MR) is 98.6 cm³/mol. The number of nitrogens with two attached hydrogens (primary N) is 1. The van der Waals surface area contributed by atoms with Gasteiger partial charge in [0, 0.05) is 11.8 Å². The summed E-state index contributed by atoms with van der Waals surface area (Å²) in [4.78, 5) is 31.5. The van der Waals surface area contributed by atoms with Gasteiger partial charge >= 0.3 is 0 Å². The van der Waals surface area contributed by atoms with E-state index in [2.05, 4.69) is 15.3 Å². The SMILES string of the molecule is C[C](C(N)=O)C(=O)Nc1nc(-c2ccc(F)cc2)c(Oc2cccnc2)s1. The van der Waals surface area contributed by atoms with Gasteiger partial charge in [0.15, 0.2) is 5.13 Å². The molecule has 27 heavy (non-hydrogen) atoms. The zero-order chi connectivity index (χ0) is 19.4. The molecule has 0 saturated carbocycles. The first-order valence-electron chi connectivity index (χ1n) is 7.73. The van der Waals surface area contributed by atoms with E-state index < -0.39 is 11.8 Å². The van der Waals surface area contributed by atoms with Crippen LogP contribution in [0.15, 0.2) is 48.8 Å². The number of amides is 2. The van der Waals surface area contributed by atoms with Gasteiger partial charge in [0.05, 0.1) is 6.20 Å². The Balaban J connectivity index is 1.94. The largest absolute Gasteiger partial charge is 0.443 e. The summed E-state index contributed by atoms with van der Waals surface area (Å²) in [6, 6.07) is 9.11. The zero-order valence-electron chi connectivity index (χ0n) is 14.1. The van der Waals surface area contributed by atoms with E-state index in [4.69, 9.17) is 10.5 Å². The number of aromatic nitrogens is 2. The fraction of sp³-hybridized carbons (Fsp3) is 0.0556. The van der Waals surface area contributed by atoms with Gasteiger partial charge in [-0.05, 0) is 43.3 Å². The van der Waals surface area contributed by atoms with Crippen LogP contribution in [0.3, 0.4) is 0 Å². The van der Waals surface area contributed by atoms with E-state index in [0.717, 1.165) is 11.3 Å². The predicted octanol–water partition coefficient (Wildman–Crippen LogP) is 3.15. The molecule has 3 rings (SSSR count). The molecule has 137 valence electrons. The van der Waals surface area contributed by atoms with E-state index in [1.54, 1.807) is 30.5 Å². The third-order valence-electron chi connectivity index (χ3n) is 3.49. The lowest BCUT2D eigenvalue weighted by atomic mass is 10.1. The molecular weight excluding hydrogens is 371 g/mol. The molecule has 0 saturated heterocycles. The van der Waals surface area contributed by atoms with Crippen LogP contribution in [0.25, 0.3) is 11.3 Å². The number of nitrogens with one attached hydrogen (secondary N) is 1. The standard InChI is InChI=1S/C18H14FN4O3S/c1-10(15(20)24)16(25)23-18-22-14(11-4-6-12(19)7-5-11)17(27-18)26-13-3-2-8-21-9-13/h2-9H,1H3,(H2,20,24)(H,22,23,25). The van der Waals surface area contributed by atoms with Crippen LogP contribution in [0, 0.1) is 11.7 Å². The molecule has 1 aromatic carbocycles. The van der Waals surface area contributed by atoms with Gasteiger partial charge in [-0.3, -0.25) is 14.6 Å². The highest BCUT2D eigenvalue weighted by Crippen LogP contribution is 2.40. The minimum Gasteiger partial charge on any atom is -0.443 e. The summed E-state index contributed by atoms with van der Waals surface area (Å²) < 4.78 is 19.0. The number of anilines is 1. The van der Waals surface area contributed by atoms with E-state index in [1.807, 2.05) is 0 Å². The van der Waals surface area contributed by atoms with E-state index in [0.29, 0.717) is 22.1 Å². The first-order valence-corrected chi connectivity index (χ1v) is 8.55. The molecular formula is C18H14FN4O3S. The summed E-state index contributed by atoms with van der Waals surface area (Å²) in [6.45, 7) is 1.32. The highest BCUT2D eigenvalue weighted by atomic mass is 32.1. The molecule has 0 atom stereocenters. The highest BCUT2D eigenvalue weighted by molar-refractivity contribution is 7.18. The van der Waals surface area contributed by atoms with Crippen molar-refractivity contribution >= 4 is 28.3 Å². The molecule has 0 aliphatic heterocycles. The molecule has 2 aromatic heterocycles. The Morgan fingerprint density at radius 2 is 1.96 bits per heavy atom. The summed E-state index contributed by atoms with van der Waals surface area (Å²) in [7, 11) is 0. The van der Waals surface area contributed by atoms with Crippen LogP contribution in [0.2, 0.25) is 0 Å². The van der Waals surface area contributed by atoms with E-state index in [1.165, 1.54) is 25.3 Å². The van der Waals surface area contributed by atoms with Crippen LogP contribution in [0.5, 0.6) is 10.8 Å². The second-order valence-corrected chi connectivity index (χ2v) is 6.36. The van der Waals surface area contributed by atoms with Gasteiger partial charge < -0.3 is 15.8 Å². The lowest BCUT2D eigenvalue weighted by Gasteiger charge is -2.04. The van der Waals surface area contributed by atoms with Crippen molar-refractivity contribution in [2.24, 2.45) is 5.73 Å². The van der Waals surface area contributed by atoms with Crippen LogP contribution in [-0.2, 0) is 9.59 Å². The molecule has 2 amide bonds. The fourth-order valence-electron chi connectivity index (χ4n) is 2.04. The van der Waals surface area contributed by atoms with Gasteiger partial charge in [0.1, 0.15) is 23.2 Å². The Kier molecular flexibility index (Phi) is 5.41. The molecule has 9 heteroatoms. The van der Waals surface area contributed by atoms with Crippen molar-refractivity contribution in [2.45, 2.75) is 6.92 Å². The summed E-state index contributed by atoms with van der Waals surface area (Å²) in [6.07, 6.45) is 3.13. The number of carbonyl (C=O) groups excluding carboxylic acids is 2. The minimum absolute atomic E-state index is 0.150. The molecule has 0 aliphatic rings. The van der Waals surface area contributed by atoms with Crippen molar-refractivity contribution in [1.82, 2.24) is 9.97 Å². The van der Waals surface area contributed by atoms with Crippen LogP contribution >= 0.6 is 11.3 Å². The van der Waals surface area contributed by atoms with Crippen molar-refractivity contribution < 1.29 is 18.7 Å². The average molecular weight is 385 g/mol. The van der Waals surface area contributed by atoms with Gasteiger partial charge in [-0.1, -0.05) is 11.3 Å². The number of nitrogens with zero attached hydrogens (tertiary/aromatic N) is 2. The molecule has 3 N–H and O–H groups in total. The van der Waals surface area contributed by atoms with Gasteiger partial charge in [-0.25, -0.2) is 9.37 Å². The Morgan fingerprint density at radius 3 is 2.59 bits per heavy atom. The monoisotopic (exact) mass is 385 g/mol. The number of hydrogen-bond donors (Lipinski definition) is 2. The van der Waals surface area contributed by atoms with Crippen molar-refractivity contribution in [3.05, 3.63) is 60.5 Å².